The number of anilines is 1. The molecule has 1 N–H and O–H groups in total. The molecule has 1 fully saturated rings. The van der Waals surface area contributed by atoms with Crippen LogP contribution in [0.1, 0.15) is 36.5 Å². The number of ketones is 1. The maximum atomic E-state index is 12.6. The van der Waals surface area contributed by atoms with Gasteiger partial charge in [-0.15, -0.1) is 0 Å². The van der Waals surface area contributed by atoms with E-state index in [0.29, 0.717) is 0 Å². The molecule has 0 aromatic heterocycles. The molecule has 0 saturated carbocycles. The summed E-state index contributed by atoms with van der Waals surface area (Å²) in [5.41, 5.74) is 4.40. The van der Waals surface area contributed by atoms with Crippen LogP contribution in [0, 0.1) is 6.92 Å². The number of carbonyl (C=O) groups excluding carboxylic acids is 1. The van der Waals surface area contributed by atoms with Gasteiger partial charge in [-0.05, 0) is 60.7 Å². The Hall–Kier alpha value is -2.30. The summed E-state index contributed by atoms with van der Waals surface area (Å²) in [5.74, 6) is 0.965. The van der Waals surface area contributed by atoms with Gasteiger partial charge in [0.2, 0.25) is 0 Å². The van der Waals surface area contributed by atoms with Crippen molar-refractivity contribution < 1.29 is 4.79 Å². The van der Waals surface area contributed by atoms with Crippen LogP contribution in [0.5, 0.6) is 0 Å². The summed E-state index contributed by atoms with van der Waals surface area (Å²) in [6.45, 7) is 6.51. The van der Waals surface area contributed by atoms with Gasteiger partial charge in [-0.25, -0.2) is 0 Å². The molecule has 0 atom stereocenters. The zero-order valence-corrected chi connectivity index (χ0v) is 18.7. The molecular weight excluding hydrogens is 388 g/mol. The number of Topliss-reactive ketones (excluding diaryl/α,β-unsaturated/α-hetero) is 1. The third-order valence-electron chi connectivity index (χ3n) is 6.46. The summed E-state index contributed by atoms with van der Waals surface area (Å²) < 4.78 is 0. The second kappa shape index (κ2) is 8.83. The van der Waals surface area contributed by atoms with Crippen molar-refractivity contribution in [2.45, 2.75) is 44.5 Å². The standard InChI is InChI=1S/C26H30N2OS/c1-19-9-11-24(12-10-19)27-26(20(2)29)13-15-28(16-14-26)17-22-7-3-5-21-6-4-8-23(18-30)25(21)22/h3-12,27,30H,13-18H2,1-2H3. The van der Waals surface area contributed by atoms with Gasteiger partial charge >= 0.3 is 0 Å². The SMILES string of the molecule is CC(=O)C1(Nc2ccc(C)cc2)CCN(Cc2cccc3cccc(CS)c23)CC1. The first-order valence-corrected chi connectivity index (χ1v) is 11.3. The molecule has 1 aliphatic rings. The van der Waals surface area contributed by atoms with Crippen LogP contribution in [0.15, 0.2) is 60.7 Å². The molecule has 1 heterocycles. The third kappa shape index (κ3) is 4.26. The number of carbonyl (C=O) groups is 1. The van der Waals surface area contributed by atoms with Crippen molar-refractivity contribution in [3.05, 3.63) is 77.4 Å². The predicted octanol–water partition coefficient (Wildman–Crippen LogP) is 5.61. The first-order chi connectivity index (χ1) is 14.5. The van der Waals surface area contributed by atoms with Crippen molar-refractivity contribution in [3.8, 4) is 0 Å². The Kier molecular flexibility index (Phi) is 6.16. The van der Waals surface area contributed by atoms with Gasteiger partial charge in [0.15, 0.2) is 5.78 Å². The molecule has 0 bridgehead atoms. The predicted molar refractivity (Wildman–Crippen MR) is 129 cm³/mol. The number of fused-ring (bicyclic) bond motifs is 1. The first kappa shape index (κ1) is 21.0. The van der Waals surface area contributed by atoms with Gasteiger partial charge in [-0.3, -0.25) is 9.69 Å². The van der Waals surface area contributed by atoms with Crippen LogP contribution >= 0.6 is 12.6 Å². The number of aryl methyl sites for hydroxylation is 1. The highest BCUT2D eigenvalue weighted by molar-refractivity contribution is 7.79. The Bertz CT molecular complexity index is 1030. The number of thiol groups is 1. The number of piperidine rings is 1. The summed E-state index contributed by atoms with van der Waals surface area (Å²) in [5, 5.41) is 6.17. The van der Waals surface area contributed by atoms with Crippen LogP contribution < -0.4 is 5.32 Å². The number of rotatable bonds is 6. The molecule has 1 saturated heterocycles. The maximum absolute atomic E-state index is 12.6. The molecule has 0 radical (unpaired) electrons. The minimum atomic E-state index is -0.471. The highest BCUT2D eigenvalue weighted by Crippen LogP contribution is 2.31. The number of nitrogens with zero attached hydrogens (tertiary/aromatic N) is 1. The Morgan fingerprint density at radius 1 is 1.00 bits per heavy atom. The molecule has 0 unspecified atom stereocenters. The van der Waals surface area contributed by atoms with Gasteiger partial charge < -0.3 is 5.32 Å². The lowest BCUT2D eigenvalue weighted by atomic mass is 9.83. The molecule has 30 heavy (non-hydrogen) atoms. The van der Waals surface area contributed by atoms with E-state index in [2.05, 4.69) is 90.4 Å². The zero-order chi connectivity index (χ0) is 21.1. The lowest BCUT2D eigenvalue weighted by Crippen LogP contribution is -2.53. The summed E-state index contributed by atoms with van der Waals surface area (Å²) in [7, 11) is 0. The van der Waals surface area contributed by atoms with Crippen LogP contribution in [0.2, 0.25) is 0 Å². The molecule has 156 valence electrons. The minimum Gasteiger partial charge on any atom is -0.373 e. The lowest BCUT2D eigenvalue weighted by molar-refractivity contribution is -0.122. The number of hydrogen-bond acceptors (Lipinski definition) is 4. The van der Waals surface area contributed by atoms with Crippen LogP contribution in [0.25, 0.3) is 10.8 Å². The summed E-state index contributed by atoms with van der Waals surface area (Å²) in [6.07, 6.45) is 1.64. The topological polar surface area (TPSA) is 32.3 Å². The maximum Gasteiger partial charge on any atom is 0.155 e. The minimum absolute atomic E-state index is 0.227. The normalized spacial score (nSPS) is 16.5. The summed E-state index contributed by atoms with van der Waals surface area (Å²) >= 11 is 4.54. The molecule has 1 aliphatic heterocycles. The molecule has 0 spiro atoms. The van der Waals surface area contributed by atoms with Gasteiger partial charge in [0.05, 0.1) is 5.54 Å². The zero-order valence-electron chi connectivity index (χ0n) is 17.8. The Morgan fingerprint density at radius 3 is 2.23 bits per heavy atom. The smallest absolute Gasteiger partial charge is 0.155 e. The molecule has 3 aromatic carbocycles. The highest BCUT2D eigenvalue weighted by Gasteiger charge is 2.38. The number of benzene rings is 3. The average Bonchev–Trinajstić information content (AvgIpc) is 2.76. The second-order valence-electron chi connectivity index (χ2n) is 8.50. The van der Waals surface area contributed by atoms with Crippen molar-refractivity contribution in [1.82, 2.24) is 4.90 Å². The number of hydrogen-bond donors (Lipinski definition) is 2. The monoisotopic (exact) mass is 418 g/mol. The fraction of sp³-hybridized carbons (Fsp3) is 0.346. The fourth-order valence-electron chi connectivity index (χ4n) is 4.58. The summed E-state index contributed by atoms with van der Waals surface area (Å²) in [6, 6.07) is 21.3. The van der Waals surface area contributed by atoms with Crippen LogP contribution in [-0.4, -0.2) is 29.3 Å². The van der Waals surface area contributed by atoms with Crippen LogP contribution in [-0.2, 0) is 17.1 Å². The van der Waals surface area contributed by atoms with E-state index < -0.39 is 5.54 Å². The average molecular weight is 419 g/mol. The quantitative estimate of drug-likeness (QED) is 0.510. The van der Waals surface area contributed by atoms with E-state index in [-0.39, 0.29) is 5.78 Å². The van der Waals surface area contributed by atoms with E-state index in [1.807, 2.05) is 0 Å². The fourth-order valence-corrected chi connectivity index (χ4v) is 4.84. The molecule has 4 heteroatoms. The van der Waals surface area contributed by atoms with Crippen molar-refractivity contribution in [3.63, 3.8) is 0 Å². The third-order valence-corrected chi connectivity index (χ3v) is 6.80. The number of likely N-dealkylation sites (tertiary alicyclic amines) is 1. The Labute approximate surface area is 184 Å². The van der Waals surface area contributed by atoms with E-state index in [1.54, 1.807) is 6.92 Å². The van der Waals surface area contributed by atoms with Crippen LogP contribution in [0.4, 0.5) is 5.69 Å². The molecule has 0 amide bonds. The molecule has 3 nitrogen and oxygen atoms in total. The van der Waals surface area contributed by atoms with Gasteiger partial charge in [0.1, 0.15) is 0 Å². The van der Waals surface area contributed by atoms with Gasteiger partial charge in [0.25, 0.3) is 0 Å². The lowest BCUT2D eigenvalue weighted by Gasteiger charge is -2.41. The van der Waals surface area contributed by atoms with Gasteiger partial charge in [-0.1, -0.05) is 54.1 Å². The van der Waals surface area contributed by atoms with Gasteiger partial charge in [0, 0.05) is 31.1 Å². The highest BCUT2D eigenvalue weighted by atomic mass is 32.1. The van der Waals surface area contributed by atoms with E-state index in [1.165, 1.54) is 27.5 Å². The van der Waals surface area contributed by atoms with E-state index in [4.69, 9.17) is 0 Å². The van der Waals surface area contributed by atoms with Crippen molar-refractivity contribution in [1.29, 1.82) is 0 Å². The van der Waals surface area contributed by atoms with Crippen molar-refractivity contribution in [2.75, 3.05) is 18.4 Å². The summed E-state index contributed by atoms with van der Waals surface area (Å²) in [4.78, 5) is 15.1. The molecule has 4 rings (SSSR count). The molecule has 0 aliphatic carbocycles. The van der Waals surface area contributed by atoms with Crippen molar-refractivity contribution >= 4 is 34.9 Å². The Balaban J connectivity index is 1.50. The molecule has 3 aromatic rings. The van der Waals surface area contributed by atoms with E-state index in [0.717, 1.165) is 43.9 Å². The Morgan fingerprint density at radius 2 is 1.63 bits per heavy atom. The van der Waals surface area contributed by atoms with Gasteiger partial charge in [-0.2, -0.15) is 12.6 Å². The first-order valence-electron chi connectivity index (χ1n) is 10.7. The molecular formula is C26H30N2OS. The second-order valence-corrected chi connectivity index (χ2v) is 8.81. The number of nitrogens with one attached hydrogen (secondary N) is 1. The van der Waals surface area contributed by atoms with E-state index in [9.17, 15) is 4.79 Å². The van der Waals surface area contributed by atoms with Crippen molar-refractivity contribution in [2.24, 2.45) is 0 Å². The largest absolute Gasteiger partial charge is 0.373 e. The van der Waals surface area contributed by atoms with Crippen LogP contribution in [0.3, 0.4) is 0 Å². The van der Waals surface area contributed by atoms with E-state index >= 15 is 0 Å².